The lowest BCUT2D eigenvalue weighted by atomic mass is 9.87. The number of nitrogens with one attached hydrogen (secondary N) is 1. The first kappa shape index (κ1) is 21.9. The highest BCUT2D eigenvalue weighted by atomic mass is 32.2. The molecule has 0 aliphatic carbocycles. The number of hydrogen-bond donors (Lipinski definition) is 1. The van der Waals surface area contributed by atoms with Gasteiger partial charge in [0.25, 0.3) is 0 Å². The van der Waals surface area contributed by atoms with Crippen molar-refractivity contribution in [3.8, 4) is 6.07 Å². The van der Waals surface area contributed by atoms with Gasteiger partial charge in [-0.1, -0.05) is 23.9 Å². The van der Waals surface area contributed by atoms with Crippen molar-refractivity contribution in [3.05, 3.63) is 46.0 Å². The van der Waals surface area contributed by atoms with Crippen molar-refractivity contribution in [1.29, 1.82) is 5.26 Å². The van der Waals surface area contributed by atoms with Crippen LogP contribution in [0.15, 0.2) is 34.9 Å². The minimum atomic E-state index is -0.444. The van der Waals surface area contributed by atoms with E-state index in [1.165, 1.54) is 18.9 Å². The van der Waals surface area contributed by atoms with Crippen LogP contribution >= 0.6 is 11.8 Å². The predicted molar refractivity (Wildman–Crippen MR) is 113 cm³/mol. The SMILES string of the molecule is COC(=O)c1ccc([C@H]2CC(=O)NC(SCC(=O)N3CCCC[C@H]3C)=C2C#N)cc1. The Balaban J connectivity index is 1.78. The molecule has 1 N–H and O–H groups in total. The van der Waals surface area contributed by atoms with E-state index in [1.54, 1.807) is 24.3 Å². The molecule has 0 bridgehead atoms. The first-order chi connectivity index (χ1) is 14.4. The summed E-state index contributed by atoms with van der Waals surface area (Å²) in [6.07, 6.45) is 3.28. The van der Waals surface area contributed by atoms with Crippen LogP contribution in [0.1, 0.15) is 54.4 Å². The number of ether oxygens (including phenoxy) is 1. The molecule has 8 heteroatoms. The molecule has 0 aromatic heterocycles. The number of methoxy groups -OCH3 is 1. The van der Waals surface area contributed by atoms with Crippen molar-refractivity contribution in [2.45, 2.75) is 44.6 Å². The highest BCUT2D eigenvalue weighted by molar-refractivity contribution is 8.03. The van der Waals surface area contributed by atoms with Crippen LogP contribution < -0.4 is 5.32 Å². The van der Waals surface area contributed by atoms with Crippen molar-refractivity contribution in [2.24, 2.45) is 0 Å². The summed E-state index contributed by atoms with van der Waals surface area (Å²) in [7, 11) is 1.31. The fraction of sp³-hybridized carbons (Fsp3) is 0.455. The second-order valence-corrected chi connectivity index (χ2v) is 8.48. The van der Waals surface area contributed by atoms with Crippen LogP contribution in [0, 0.1) is 11.3 Å². The normalized spacial score (nSPS) is 21.6. The number of hydrogen-bond acceptors (Lipinski definition) is 6. The molecule has 1 aromatic carbocycles. The van der Waals surface area contributed by atoms with E-state index in [-0.39, 0.29) is 30.0 Å². The van der Waals surface area contributed by atoms with Crippen LogP contribution in [0.3, 0.4) is 0 Å². The van der Waals surface area contributed by atoms with E-state index >= 15 is 0 Å². The molecule has 0 saturated carbocycles. The number of nitriles is 1. The van der Waals surface area contributed by atoms with Gasteiger partial charge in [-0.05, 0) is 43.9 Å². The molecule has 0 spiro atoms. The van der Waals surface area contributed by atoms with Gasteiger partial charge in [-0.15, -0.1) is 0 Å². The average Bonchev–Trinajstić information content (AvgIpc) is 2.77. The zero-order valence-corrected chi connectivity index (χ0v) is 18.0. The Kier molecular flexibility index (Phi) is 7.16. The first-order valence-corrected chi connectivity index (χ1v) is 11.0. The van der Waals surface area contributed by atoms with Gasteiger partial charge in [-0.2, -0.15) is 5.26 Å². The fourth-order valence-electron chi connectivity index (χ4n) is 3.87. The van der Waals surface area contributed by atoms with E-state index in [2.05, 4.69) is 18.3 Å². The third kappa shape index (κ3) is 4.85. The van der Waals surface area contributed by atoms with Crippen LogP contribution in [-0.2, 0) is 14.3 Å². The number of esters is 1. The number of piperidine rings is 1. The maximum absolute atomic E-state index is 12.7. The van der Waals surface area contributed by atoms with Crippen molar-refractivity contribution < 1.29 is 19.1 Å². The summed E-state index contributed by atoms with van der Waals surface area (Å²) in [5.41, 5.74) is 1.60. The van der Waals surface area contributed by atoms with Gasteiger partial charge < -0.3 is 15.0 Å². The zero-order valence-electron chi connectivity index (χ0n) is 17.1. The van der Waals surface area contributed by atoms with Crippen molar-refractivity contribution >= 4 is 29.5 Å². The molecule has 2 aliphatic rings. The number of thioether (sulfide) groups is 1. The Morgan fingerprint density at radius 2 is 2.03 bits per heavy atom. The maximum atomic E-state index is 12.7. The Bertz CT molecular complexity index is 904. The van der Waals surface area contributed by atoms with E-state index < -0.39 is 11.9 Å². The summed E-state index contributed by atoms with van der Waals surface area (Å²) in [6.45, 7) is 2.81. The third-order valence-corrected chi connectivity index (χ3v) is 6.56. The predicted octanol–water partition coefficient (Wildman–Crippen LogP) is 2.95. The number of benzene rings is 1. The van der Waals surface area contributed by atoms with E-state index in [1.807, 2.05) is 4.90 Å². The van der Waals surface area contributed by atoms with Gasteiger partial charge in [0.2, 0.25) is 11.8 Å². The maximum Gasteiger partial charge on any atom is 0.337 e. The monoisotopic (exact) mass is 427 g/mol. The molecule has 0 unspecified atom stereocenters. The van der Waals surface area contributed by atoms with Gasteiger partial charge >= 0.3 is 5.97 Å². The molecule has 158 valence electrons. The van der Waals surface area contributed by atoms with Gasteiger partial charge in [-0.25, -0.2) is 4.79 Å². The lowest BCUT2D eigenvalue weighted by Crippen LogP contribution is -2.43. The highest BCUT2D eigenvalue weighted by Gasteiger charge is 2.31. The molecule has 2 atom stereocenters. The number of allylic oxidation sites excluding steroid dienone is 1. The Morgan fingerprint density at radius 1 is 1.30 bits per heavy atom. The van der Waals surface area contributed by atoms with Crippen molar-refractivity contribution in [3.63, 3.8) is 0 Å². The standard InChI is InChI=1S/C22H25N3O4S/c1-14-5-3-4-10-25(14)20(27)13-30-21-18(12-23)17(11-19(26)24-21)15-6-8-16(9-7-15)22(28)29-2/h6-9,14,17H,3-5,10-11,13H2,1-2H3,(H,24,26)/t14-,17-/m1/s1. The lowest BCUT2D eigenvalue weighted by Gasteiger charge is -2.33. The largest absolute Gasteiger partial charge is 0.465 e. The number of carbonyl (C=O) groups is 3. The summed E-state index contributed by atoms with van der Waals surface area (Å²) in [5, 5.41) is 13.0. The van der Waals surface area contributed by atoms with Gasteiger partial charge in [0, 0.05) is 24.9 Å². The molecule has 30 heavy (non-hydrogen) atoms. The van der Waals surface area contributed by atoms with Gasteiger partial charge in [0.1, 0.15) is 0 Å². The zero-order chi connectivity index (χ0) is 21.7. The van der Waals surface area contributed by atoms with E-state index in [0.29, 0.717) is 16.2 Å². The number of amides is 2. The number of likely N-dealkylation sites (tertiary alicyclic amines) is 1. The van der Waals surface area contributed by atoms with Crippen LogP contribution in [-0.4, -0.2) is 48.1 Å². The molecule has 2 aliphatic heterocycles. The third-order valence-electron chi connectivity index (χ3n) is 5.55. The minimum Gasteiger partial charge on any atom is -0.465 e. The van der Waals surface area contributed by atoms with Crippen LogP contribution in [0.5, 0.6) is 0 Å². The Labute approximate surface area is 180 Å². The van der Waals surface area contributed by atoms with Gasteiger partial charge in [-0.3, -0.25) is 9.59 Å². The molecule has 1 saturated heterocycles. The molecule has 0 radical (unpaired) electrons. The van der Waals surface area contributed by atoms with E-state index in [4.69, 9.17) is 4.74 Å². The van der Waals surface area contributed by atoms with E-state index in [9.17, 15) is 19.6 Å². The van der Waals surface area contributed by atoms with Gasteiger partial charge in [0.15, 0.2) is 0 Å². The summed E-state index contributed by atoms with van der Waals surface area (Å²) in [5.74, 6) is -0.852. The fourth-order valence-corrected chi connectivity index (χ4v) is 4.84. The van der Waals surface area contributed by atoms with Gasteiger partial charge in [0.05, 0.1) is 35.1 Å². The average molecular weight is 428 g/mol. The molecule has 2 heterocycles. The topological polar surface area (TPSA) is 99.5 Å². The lowest BCUT2D eigenvalue weighted by molar-refractivity contribution is -0.131. The van der Waals surface area contributed by atoms with Crippen LogP contribution in [0.4, 0.5) is 0 Å². The van der Waals surface area contributed by atoms with Crippen LogP contribution in [0.2, 0.25) is 0 Å². The number of rotatable bonds is 5. The molecule has 1 fully saturated rings. The highest BCUT2D eigenvalue weighted by Crippen LogP contribution is 2.36. The Hall–Kier alpha value is -2.79. The molecule has 3 rings (SSSR count). The number of carbonyl (C=O) groups excluding carboxylic acids is 3. The molecule has 2 amide bonds. The number of nitrogens with zero attached hydrogens (tertiary/aromatic N) is 2. The minimum absolute atomic E-state index is 0.0239. The summed E-state index contributed by atoms with van der Waals surface area (Å²) in [6, 6.07) is 9.14. The smallest absolute Gasteiger partial charge is 0.337 e. The second-order valence-electron chi connectivity index (χ2n) is 7.49. The second kappa shape index (κ2) is 9.81. The summed E-state index contributed by atoms with van der Waals surface area (Å²) < 4.78 is 4.71. The van der Waals surface area contributed by atoms with Crippen molar-refractivity contribution in [1.82, 2.24) is 10.2 Å². The molecular formula is C22H25N3O4S. The summed E-state index contributed by atoms with van der Waals surface area (Å²) >= 11 is 1.21. The van der Waals surface area contributed by atoms with Crippen LogP contribution in [0.25, 0.3) is 0 Å². The molecule has 1 aromatic rings. The summed E-state index contributed by atoms with van der Waals surface area (Å²) in [4.78, 5) is 38.5. The Morgan fingerprint density at radius 3 is 2.67 bits per heavy atom. The van der Waals surface area contributed by atoms with E-state index in [0.717, 1.165) is 31.4 Å². The molecule has 7 nitrogen and oxygen atoms in total. The first-order valence-electron chi connectivity index (χ1n) is 9.99. The molecular weight excluding hydrogens is 402 g/mol. The quantitative estimate of drug-likeness (QED) is 0.726. The van der Waals surface area contributed by atoms with Crippen molar-refractivity contribution in [2.75, 3.05) is 19.4 Å².